The third-order valence-electron chi connectivity index (χ3n) is 5.40. The van der Waals surface area contributed by atoms with Gasteiger partial charge in [0.05, 0.1) is 10.5 Å². The maximum absolute atomic E-state index is 12.2. The van der Waals surface area contributed by atoms with Crippen molar-refractivity contribution >= 4 is 49.4 Å². The Hall–Kier alpha value is -3.78. The molecule has 0 atom stereocenters. The van der Waals surface area contributed by atoms with Crippen LogP contribution < -0.4 is 14.8 Å². The van der Waals surface area contributed by atoms with E-state index in [0.717, 1.165) is 19.3 Å². The summed E-state index contributed by atoms with van der Waals surface area (Å²) in [5.41, 5.74) is 1.88. The molecule has 0 saturated heterocycles. The Labute approximate surface area is 249 Å². The van der Waals surface area contributed by atoms with Gasteiger partial charge >= 0.3 is 5.97 Å². The van der Waals surface area contributed by atoms with Gasteiger partial charge in [0.1, 0.15) is 0 Å². The maximum Gasteiger partial charge on any atom is 0.371 e. The molecule has 2 aromatic heterocycles. The van der Waals surface area contributed by atoms with E-state index >= 15 is 0 Å². The van der Waals surface area contributed by atoms with Crippen LogP contribution in [0.5, 0.6) is 0 Å². The highest BCUT2D eigenvalue weighted by Crippen LogP contribution is 2.19. The van der Waals surface area contributed by atoms with E-state index in [9.17, 15) is 26.4 Å². The van der Waals surface area contributed by atoms with Gasteiger partial charge in [-0.15, -0.1) is 0 Å². The number of benzene rings is 1. The Morgan fingerprint density at radius 2 is 1.21 bits per heavy atom. The van der Waals surface area contributed by atoms with Crippen LogP contribution in [0.25, 0.3) is 0 Å². The van der Waals surface area contributed by atoms with E-state index < -0.39 is 42.4 Å². The second kappa shape index (κ2) is 16.6. The molecule has 2 heterocycles. The Morgan fingerprint density at radius 3 is 1.62 bits per heavy atom. The zero-order valence-corrected chi connectivity index (χ0v) is 24.6. The second-order valence-electron chi connectivity index (χ2n) is 9.28. The molecule has 0 unspecified atom stereocenters. The Balaban J connectivity index is 0.000000855. The number of aromatic carboxylic acids is 1. The second-order valence-corrected chi connectivity index (χ2v) is 13.8. The predicted octanol–water partition coefficient (Wildman–Crippen LogP) is 6.42. The van der Waals surface area contributed by atoms with Crippen molar-refractivity contribution < 1.29 is 40.4 Å². The molecule has 0 aliphatic heterocycles. The lowest BCUT2D eigenvalue weighted by atomic mass is 10.1. The average Bonchev–Trinajstić information content (AvgIpc) is 3.53. The van der Waals surface area contributed by atoms with Gasteiger partial charge in [-0.25, -0.2) is 21.6 Å². The molecule has 0 radical (unpaired) electrons. The predicted molar refractivity (Wildman–Crippen MR) is 166 cm³/mol. The fourth-order valence-electron chi connectivity index (χ4n) is 2.87. The third kappa shape index (κ3) is 11.6. The largest absolute Gasteiger partial charge is 0.475 e. The fourth-order valence-corrected chi connectivity index (χ4v) is 4.12. The molecule has 1 aromatic carbocycles. The molecule has 0 bridgehead atoms. The summed E-state index contributed by atoms with van der Waals surface area (Å²) < 4.78 is 60.8. The van der Waals surface area contributed by atoms with Crippen molar-refractivity contribution in [2.45, 2.75) is 79.2 Å². The van der Waals surface area contributed by atoms with Crippen LogP contribution in [-0.4, -0.2) is 44.3 Å². The summed E-state index contributed by atoms with van der Waals surface area (Å²) in [6.07, 6.45) is 3.29. The van der Waals surface area contributed by atoms with Gasteiger partial charge in [0, 0.05) is 17.8 Å². The first-order valence-corrected chi connectivity index (χ1v) is 15.6. The van der Waals surface area contributed by atoms with Gasteiger partial charge in [-0.1, -0.05) is 40.3 Å². The van der Waals surface area contributed by atoms with Crippen LogP contribution in [0.15, 0.2) is 57.4 Å². The van der Waals surface area contributed by atoms with E-state index in [1.807, 2.05) is 24.3 Å². The van der Waals surface area contributed by atoms with Gasteiger partial charge in [-0.05, 0) is 70.4 Å². The van der Waals surface area contributed by atoms with Crippen molar-refractivity contribution in [3.05, 3.63) is 65.6 Å². The van der Waals surface area contributed by atoms with E-state index in [-0.39, 0.29) is 38.1 Å². The van der Waals surface area contributed by atoms with Gasteiger partial charge < -0.3 is 19.3 Å². The molecule has 0 fully saturated rings. The number of hydrogen-bond donors (Lipinski definition) is 4. The van der Waals surface area contributed by atoms with E-state index in [1.165, 1.54) is 43.7 Å². The standard InChI is InChI=1S/C18H24N2O4S.C8H11NO5S.2CH4/c1-4-5-6-14-7-9-15(10-8-14)19-18(21)16-11-12-17(24-16)20-25(22,23)13(2)3;1-5(2)15(12,13)9-7-4-3-6(14-7)8(10)11;;/h7-13,20H,4-6H2,1-3H3,(H,19,21);3-5,9H,1-2H3,(H,10,11);2*1H4. The molecular formula is C28H43N3O9S2. The van der Waals surface area contributed by atoms with Crippen molar-refractivity contribution in [1.29, 1.82) is 0 Å². The van der Waals surface area contributed by atoms with E-state index in [0.29, 0.717) is 5.69 Å². The Morgan fingerprint density at radius 1 is 0.762 bits per heavy atom. The van der Waals surface area contributed by atoms with Crippen LogP contribution >= 0.6 is 0 Å². The number of sulfonamides is 2. The van der Waals surface area contributed by atoms with E-state index in [1.54, 1.807) is 13.8 Å². The summed E-state index contributed by atoms with van der Waals surface area (Å²) in [5, 5.41) is 10.1. The topological polar surface area (TPSA) is 185 Å². The molecule has 1 amide bonds. The molecular weight excluding hydrogens is 586 g/mol. The number of carbonyl (C=O) groups excluding carboxylic acids is 1. The zero-order chi connectivity index (χ0) is 30.1. The van der Waals surface area contributed by atoms with Crippen LogP contribution in [0.4, 0.5) is 17.5 Å². The lowest BCUT2D eigenvalue weighted by Crippen LogP contribution is -2.22. The van der Waals surface area contributed by atoms with Crippen LogP contribution in [0, 0.1) is 0 Å². The summed E-state index contributed by atoms with van der Waals surface area (Å²) in [6, 6.07) is 12.9. The lowest BCUT2D eigenvalue weighted by Gasteiger charge is -2.08. The number of hydrogen-bond acceptors (Lipinski definition) is 8. The molecule has 4 N–H and O–H groups in total. The fraction of sp³-hybridized carbons (Fsp3) is 0.429. The monoisotopic (exact) mass is 629 g/mol. The SMILES string of the molecule is C.C.CC(C)S(=O)(=O)Nc1ccc(C(=O)O)o1.CCCCc1ccc(NC(=O)c2ccc(NS(=O)(=O)C(C)C)o2)cc1. The number of nitrogens with one attached hydrogen (secondary N) is 3. The van der Waals surface area contributed by atoms with E-state index in [4.69, 9.17) is 13.9 Å². The molecule has 3 aromatic rings. The molecule has 0 aliphatic rings. The minimum Gasteiger partial charge on any atom is -0.475 e. The highest BCUT2D eigenvalue weighted by molar-refractivity contribution is 7.93. The minimum absolute atomic E-state index is 0. The number of carboxylic acids is 1. The number of amides is 1. The summed E-state index contributed by atoms with van der Waals surface area (Å²) in [5.74, 6) is -2.02. The molecule has 236 valence electrons. The highest BCUT2D eigenvalue weighted by atomic mass is 32.2. The Bertz CT molecular complexity index is 1490. The number of carbonyl (C=O) groups is 2. The van der Waals surface area contributed by atoms with Gasteiger partial charge in [0.2, 0.25) is 37.6 Å². The van der Waals surface area contributed by atoms with Crippen molar-refractivity contribution in [3.8, 4) is 0 Å². The van der Waals surface area contributed by atoms with Crippen molar-refractivity contribution in [1.82, 2.24) is 0 Å². The van der Waals surface area contributed by atoms with Crippen LogP contribution in [0.3, 0.4) is 0 Å². The van der Waals surface area contributed by atoms with Gasteiger partial charge in [-0.3, -0.25) is 14.2 Å². The van der Waals surface area contributed by atoms with Crippen LogP contribution in [0.2, 0.25) is 0 Å². The molecule has 0 saturated carbocycles. The number of aryl methyl sites for hydroxylation is 1. The number of unbranched alkanes of at least 4 members (excludes halogenated alkanes) is 1. The molecule has 3 rings (SSSR count). The van der Waals surface area contributed by atoms with Crippen molar-refractivity contribution in [2.75, 3.05) is 14.8 Å². The summed E-state index contributed by atoms with van der Waals surface area (Å²) in [4.78, 5) is 22.6. The lowest BCUT2D eigenvalue weighted by molar-refractivity contribution is 0.0663. The molecule has 0 spiro atoms. The Kier molecular flexibility index (Phi) is 15.1. The summed E-state index contributed by atoms with van der Waals surface area (Å²) in [7, 11) is -7.01. The zero-order valence-electron chi connectivity index (χ0n) is 22.9. The average molecular weight is 630 g/mol. The third-order valence-corrected chi connectivity index (χ3v) is 8.86. The number of rotatable bonds is 12. The molecule has 42 heavy (non-hydrogen) atoms. The molecule has 12 nitrogen and oxygen atoms in total. The first-order chi connectivity index (χ1) is 18.6. The minimum atomic E-state index is -3.51. The summed E-state index contributed by atoms with van der Waals surface area (Å²) in [6.45, 7) is 8.27. The first kappa shape index (κ1) is 38.2. The highest BCUT2D eigenvalue weighted by Gasteiger charge is 2.20. The van der Waals surface area contributed by atoms with Gasteiger partial charge in [0.15, 0.2) is 5.76 Å². The molecule has 0 aliphatic carbocycles. The number of carboxylic acid groups (broad SMARTS) is 1. The van der Waals surface area contributed by atoms with Crippen LogP contribution in [-0.2, 0) is 26.5 Å². The molecule has 14 heteroatoms. The number of anilines is 3. The summed E-state index contributed by atoms with van der Waals surface area (Å²) >= 11 is 0. The van der Waals surface area contributed by atoms with Crippen LogP contribution in [0.1, 0.15) is 89.0 Å². The van der Waals surface area contributed by atoms with Gasteiger partial charge in [0.25, 0.3) is 5.91 Å². The smallest absolute Gasteiger partial charge is 0.371 e. The van der Waals surface area contributed by atoms with Crippen molar-refractivity contribution in [3.63, 3.8) is 0 Å². The maximum atomic E-state index is 12.2. The number of furan rings is 2. The first-order valence-electron chi connectivity index (χ1n) is 12.5. The quantitative estimate of drug-likeness (QED) is 0.175. The van der Waals surface area contributed by atoms with Crippen molar-refractivity contribution in [2.24, 2.45) is 0 Å². The van der Waals surface area contributed by atoms with E-state index in [2.05, 4.69) is 21.7 Å². The van der Waals surface area contributed by atoms with Gasteiger partial charge in [-0.2, -0.15) is 0 Å². The normalized spacial score (nSPS) is 11.0.